The highest BCUT2D eigenvalue weighted by molar-refractivity contribution is 5.95. The number of carbonyl (C=O) groups is 1. The van der Waals surface area contributed by atoms with Crippen molar-refractivity contribution in [1.82, 2.24) is 0 Å². The largest absolute Gasteiger partial charge is 0.295 e. The van der Waals surface area contributed by atoms with Gasteiger partial charge in [-0.25, -0.2) is 0 Å². The van der Waals surface area contributed by atoms with E-state index in [1.807, 2.05) is 39.0 Å². The number of carbonyl (C=O) groups excluding carboxylic acids is 1. The Morgan fingerprint density at radius 1 is 1.09 bits per heavy atom. The summed E-state index contributed by atoms with van der Waals surface area (Å²) in [5.41, 5.74) is 3.27. The molecule has 0 radical (unpaired) electrons. The SMILES string of the molecule is CC.CCC1CCC(C)CC1.CCc1c(C)cccc1C(C)=O. The molecule has 1 fully saturated rings. The summed E-state index contributed by atoms with van der Waals surface area (Å²) in [7, 11) is 0. The molecule has 1 aromatic rings. The second-order valence-electron chi connectivity index (χ2n) is 6.54. The van der Waals surface area contributed by atoms with Gasteiger partial charge in [0, 0.05) is 5.56 Å². The molecule has 1 nitrogen and oxygen atoms in total. The van der Waals surface area contributed by atoms with Gasteiger partial charge in [-0.1, -0.05) is 84.9 Å². The third-order valence-corrected chi connectivity index (χ3v) is 4.86. The van der Waals surface area contributed by atoms with E-state index in [0.29, 0.717) is 0 Å². The molecule has 1 saturated carbocycles. The fourth-order valence-corrected chi connectivity index (χ4v) is 3.24. The fraction of sp³-hybridized carbons (Fsp3) is 0.682. The Labute approximate surface area is 144 Å². The van der Waals surface area contributed by atoms with E-state index >= 15 is 0 Å². The molecule has 0 unspecified atom stereocenters. The lowest BCUT2D eigenvalue weighted by Gasteiger charge is -2.24. The summed E-state index contributed by atoms with van der Waals surface area (Å²) in [6, 6.07) is 5.88. The number of rotatable bonds is 3. The van der Waals surface area contributed by atoms with Gasteiger partial charge in [0.25, 0.3) is 0 Å². The Kier molecular flexibility index (Phi) is 11.7. The lowest BCUT2D eigenvalue weighted by molar-refractivity contribution is 0.101. The Morgan fingerprint density at radius 3 is 2.04 bits per heavy atom. The molecule has 0 aromatic heterocycles. The summed E-state index contributed by atoms with van der Waals surface area (Å²) in [5.74, 6) is 2.25. The molecule has 0 amide bonds. The van der Waals surface area contributed by atoms with Crippen molar-refractivity contribution in [2.75, 3.05) is 0 Å². The van der Waals surface area contributed by atoms with E-state index in [9.17, 15) is 4.79 Å². The lowest BCUT2D eigenvalue weighted by Crippen LogP contribution is -2.10. The van der Waals surface area contributed by atoms with Crippen LogP contribution in [0.1, 0.15) is 95.1 Å². The van der Waals surface area contributed by atoms with Crippen LogP contribution in [0.3, 0.4) is 0 Å². The smallest absolute Gasteiger partial charge is 0.160 e. The Morgan fingerprint density at radius 2 is 1.65 bits per heavy atom. The molecule has 23 heavy (non-hydrogen) atoms. The number of ketones is 1. The zero-order valence-electron chi connectivity index (χ0n) is 16.5. The monoisotopic (exact) mass is 318 g/mol. The van der Waals surface area contributed by atoms with Crippen molar-refractivity contribution >= 4 is 5.78 Å². The van der Waals surface area contributed by atoms with Gasteiger partial charge in [-0.05, 0) is 43.2 Å². The minimum Gasteiger partial charge on any atom is -0.295 e. The topological polar surface area (TPSA) is 17.1 Å². The molecular weight excluding hydrogens is 280 g/mol. The first-order valence-electron chi connectivity index (χ1n) is 9.58. The summed E-state index contributed by atoms with van der Waals surface area (Å²) in [6.07, 6.45) is 8.31. The highest BCUT2D eigenvalue weighted by Crippen LogP contribution is 2.29. The number of hydrogen-bond acceptors (Lipinski definition) is 1. The molecule has 1 aliphatic rings. The van der Waals surface area contributed by atoms with Gasteiger partial charge in [-0.3, -0.25) is 4.79 Å². The van der Waals surface area contributed by atoms with Crippen molar-refractivity contribution in [2.24, 2.45) is 11.8 Å². The van der Waals surface area contributed by atoms with E-state index in [1.165, 1.54) is 43.2 Å². The van der Waals surface area contributed by atoms with Gasteiger partial charge in [0.05, 0.1) is 0 Å². The first-order valence-corrected chi connectivity index (χ1v) is 9.58. The standard InChI is InChI=1S/C11H14O.C9H18.C2H6/c1-4-10-8(2)6-5-7-11(10)9(3)12;1-3-9-6-4-8(2)5-7-9;1-2/h5-7H,4H2,1-3H3;8-9H,3-7H2,1-2H3;1-2H3. The maximum atomic E-state index is 11.2. The minimum absolute atomic E-state index is 0.163. The molecule has 1 aromatic carbocycles. The van der Waals surface area contributed by atoms with Crippen molar-refractivity contribution < 1.29 is 4.79 Å². The molecule has 1 aliphatic carbocycles. The lowest BCUT2D eigenvalue weighted by atomic mass is 9.82. The van der Waals surface area contributed by atoms with Crippen LogP contribution in [-0.4, -0.2) is 5.78 Å². The van der Waals surface area contributed by atoms with E-state index < -0.39 is 0 Å². The predicted octanol–water partition coefficient (Wildman–Crippen LogP) is 7.01. The summed E-state index contributed by atoms with van der Waals surface area (Å²) < 4.78 is 0. The highest BCUT2D eigenvalue weighted by Gasteiger charge is 2.15. The minimum atomic E-state index is 0.163. The van der Waals surface area contributed by atoms with Crippen molar-refractivity contribution in [3.8, 4) is 0 Å². The number of hydrogen-bond donors (Lipinski definition) is 0. The van der Waals surface area contributed by atoms with E-state index in [2.05, 4.69) is 20.8 Å². The normalized spacial score (nSPS) is 19.8. The van der Waals surface area contributed by atoms with Gasteiger partial charge in [-0.2, -0.15) is 0 Å². The van der Waals surface area contributed by atoms with E-state index in [4.69, 9.17) is 0 Å². The maximum absolute atomic E-state index is 11.2. The van der Waals surface area contributed by atoms with Crippen molar-refractivity contribution in [1.29, 1.82) is 0 Å². The molecule has 0 heterocycles. The Bertz CT molecular complexity index is 439. The molecule has 2 rings (SSSR count). The van der Waals surface area contributed by atoms with Crippen LogP contribution in [0, 0.1) is 18.8 Å². The second kappa shape index (κ2) is 12.3. The van der Waals surface area contributed by atoms with Crippen LogP contribution in [0.5, 0.6) is 0 Å². The van der Waals surface area contributed by atoms with Gasteiger partial charge >= 0.3 is 0 Å². The second-order valence-corrected chi connectivity index (χ2v) is 6.54. The van der Waals surface area contributed by atoms with Crippen LogP contribution in [-0.2, 0) is 6.42 Å². The van der Waals surface area contributed by atoms with Crippen molar-refractivity contribution in [2.45, 2.75) is 87.0 Å². The summed E-state index contributed by atoms with van der Waals surface area (Å²) in [6.45, 7) is 14.4. The highest BCUT2D eigenvalue weighted by atomic mass is 16.1. The van der Waals surface area contributed by atoms with Crippen LogP contribution in [0.25, 0.3) is 0 Å². The number of benzene rings is 1. The zero-order valence-corrected chi connectivity index (χ0v) is 16.5. The Balaban J connectivity index is 0.000000392. The van der Waals surface area contributed by atoms with Gasteiger partial charge in [0.2, 0.25) is 0 Å². The van der Waals surface area contributed by atoms with Gasteiger partial charge in [-0.15, -0.1) is 0 Å². The molecule has 0 aliphatic heterocycles. The molecular formula is C22H38O. The summed E-state index contributed by atoms with van der Waals surface area (Å²) >= 11 is 0. The molecule has 0 bridgehead atoms. The van der Waals surface area contributed by atoms with Gasteiger partial charge in [0.15, 0.2) is 5.78 Å². The number of Topliss-reactive ketones (excluding diaryl/α,β-unsaturated/α-hetero) is 1. The van der Waals surface area contributed by atoms with Crippen LogP contribution in [0.4, 0.5) is 0 Å². The fourth-order valence-electron chi connectivity index (χ4n) is 3.24. The van der Waals surface area contributed by atoms with Gasteiger partial charge < -0.3 is 0 Å². The molecule has 1 heteroatoms. The Hall–Kier alpha value is -1.11. The molecule has 132 valence electrons. The quantitative estimate of drug-likeness (QED) is 0.548. The van der Waals surface area contributed by atoms with Crippen LogP contribution in [0.2, 0.25) is 0 Å². The van der Waals surface area contributed by atoms with Crippen molar-refractivity contribution in [3.63, 3.8) is 0 Å². The first kappa shape index (κ1) is 21.9. The third-order valence-electron chi connectivity index (χ3n) is 4.86. The molecule has 0 N–H and O–H groups in total. The van der Waals surface area contributed by atoms with Crippen molar-refractivity contribution in [3.05, 3.63) is 34.9 Å². The van der Waals surface area contributed by atoms with Crippen LogP contribution >= 0.6 is 0 Å². The third kappa shape index (κ3) is 7.81. The molecule has 0 saturated heterocycles. The molecule has 0 atom stereocenters. The van der Waals surface area contributed by atoms with E-state index in [1.54, 1.807) is 6.92 Å². The van der Waals surface area contributed by atoms with Crippen LogP contribution < -0.4 is 0 Å². The number of aryl methyl sites for hydroxylation is 1. The summed E-state index contributed by atoms with van der Waals surface area (Å²) in [4.78, 5) is 11.2. The van der Waals surface area contributed by atoms with E-state index in [-0.39, 0.29) is 5.78 Å². The van der Waals surface area contributed by atoms with Gasteiger partial charge in [0.1, 0.15) is 0 Å². The maximum Gasteiger partial charge on any atom is 0.160 e. The van der Waals surface area contributed by atoms with E-state index in [0.717, 1.165) is 23.8 Å². The predicted molar refractivity (Wildman–Crippen MR) is 103 cm³/mol. The summed E-state index contributed by atoms with van der Waals surface area (Å²) in [5, 5.41) is 0. The average Bonchev–Trinajstić information content (AvgIpc) is 2.57. The first-order chi connectivity index (χ1) is 11.0. The zero-order chi connectivity index (χ0) is 17.8. The van der Waals surface area contributed by atoms with Crippen LogP contribution in [0.15, 0.2) is 18.2 Å². The average molecular weight is 319 g/mol. The molecule has 0 spiro atoms.